The molecule has 4 N–H and O–H groups in total. The summed E-state index contributed by atoms with van der Waals surface area (Å²) < 4.78 is 2.28. The summed E-state index contributed by atoms with van der Waals surface area (Å²) in [5.74, 6) is 0. The van der Waals surface area contributed by atoms with E-state index in [0.29, 0.717) is 0 Å². The van der Waals surface area contributed by atoms with E-state index in [1.54, 1.807) is 0 Å². The Kier molecular flexibility index (Phi) is 2.57. The van der Waals surface area contributed by atoms with Crippen LogP contribution < -0.4 is 11.5 Å². The van der Waals surface area contributed by atoms with E-state index in [1.165, 1.54) is 16.7 Å². The first-order valence-electron chi connectivity index (χ1n) is 4.66. The van der Waals surface area contributed by atoms with Gasteiger partial charge < -0.3 is 11.5 Å². The predicted molar refractivity (Wildman–Crippen MR) is 68.1 cm³/mol. The Labute approximate surface area is 97.9 Å². The molecular formula is C10H14IN3. The number of anilines is 2. The Hall–Kier alpha value is -0.490. The highest BCUT2D eigenvalue weighted by molar-refractivity contribution is 14.1. The molecule has 1 aliphatic rings. The van der Waals surface area contributed by atoms with Crippen molar-refractivity contribution in [2.75, 3.05) is 18.0 Å². The molecule has 1 aromatic rings. The van der Waals surface area contributed by atoms with Gasteiger partial charge in [0.25, 0.3) is 0 Å². The summed E-state index contributed by atoms with van der Waals surface area (Å²) in [5.41, 5.74) is 17.2. The van der Waals surface area contributed by atoms with Crippen LogP contribution in [0.4, 0.5) is 11.4 Å². The fourth-order valence-corrected chi connectivity index (χ4v) is 2.54. The fourth-order valence-electron chi connectivity index (χ4n) is 1.96. The molecule has 0 radical (unpaired) electrons. The lowest BCUT2D eigenvalue weighted by molar-refractivity contribution is 0.480. The highest BCUT2D eigenvalue weighted by Gasteiger charge is 2.19. The SMILES string of the molecule is Cc1cc(N)c(N)c2c1CN(I)CC2. The smallest absolute Gasteiger partial charge is 0.0584 e. The molecular weight excluding hydrogens is 289 g/mol. The van der Waals surface area contributed by atoms with Crippen molar-refractivity contribution in [2.24, 2.45) is 0 Å². The number of fused-ring (bicyclic) bond motifs is 1. The Morgan fingerprint density at radius 1 is 1.36 bits per heavy atom. The number of rotatable bonds is 0. The van der Waals surface area contributed by atoms with Crippen molar-refractivity contribution in [1.82, 2.24) is 3.11 Å². The van der Waals surface area contributed by atoms with Crippen LogP contribution in [0.15, 0.2) is 6.07 Å². The van der Waals surface area contributed by atoms with Crippen molar-refractivity contribution in [3.8, 4) is 0 Å². The van der Waals surface area contributed by atoms with Gasteiger partial charge in [0.1, 0.15) is 0 Å². The first-order chi connectivity index (χ1) is 6.59. The van der Waals surface area contributed by atoms with Crippen LogP contribution in [-0.4, -0.2) is 9.66 Å². The van der Waals surface area contributed by atoms with Crippen LogP contribution in [0.1, 0.15) is 16.7 Å². The molecule has 0 aromatic heterocycles. The van der Waals surface area contributed by atoms with Crippen LogP contribution in [0.3, 0.4) is 0 Å². The third kappa shape index (κ3) is 1.56. The normalized spacial score (nSPS) is 16.7. The first kappa shape index (κ1) is 10.0. The number of aryl methyl sites for hydroxylation is 1. The van der Waals surface area contributed by atoms with Crippen molar-refractivity contribution in [1.29, 1.82) is 0 Å². The van der Waals surface area contributed by atoms with Crippen molar-refractivity contribution < 1.29 is 0 Å². The summed E-state index contributed by atoms with van der Waals surface area (Å²) in [7, 11) is 0. The van der Waals surface area contributed by atoms with Gasteiger partial charge in [-0.1, -0.05) is 0 Å². The van der Waals surface area contributed by atoms with Gasteiger partial charge in [0.2, 0.25) is 0 Å². The molecule has 0 aliphatic carbocycles. The number of nitrogens with zero attached hydrogens (tertiary/aromatic N) is 1. The molecule has 0 atom stereocenters. The zero-order chi connectivity index (χ0) is 10.3. The molecule has 2 rings (SSSR count). The van der Waals surface area contributed by atoms with E-state index >= 15 is 0 Å². The van der Waals surface area contributed by atoms with Crippen LogP contribution in [0, 0.1) is 6.92 Å². The highest BCUT2D eigenvalue weighted by atomic mass is 127. The van der Waals surface area contributed by atoms with Gasteiger partial charge in [0.15, 0.2) is 0 Å². The van der Waals surface area contributed by atoms with Crippen LogP contribution in [-0.2, 0) is 13.0 Å². The van der Waals surface area contributed by atoms with Crippen molar-refractivity contribution in [3.63, 3.8) is 0 Å². The third-order valence-electron chi connectivity index (χ3n) is 2.78. The van der Waals surface area contributed by atoms with Gasteiger partial charge in [-0.15, -0.1) is 0 Å². The minimum absolute atomic E-state index is 0.725. The molecule has 0 bridgehead atoms. The number of nitrogen functional groups attached to an aromatic ring is 2. The van der Waals surface area contributed by atoms with Crippen molar-refractivity contribution in [2.45, 2.75) is 19.9 Å². The minimum atomic E-state index is 0.725. The molecule has 14 heavy (non-hydrogen) atoms. The van der Waals surface area contributed by atoms with E-state index in [0.717, 1.165) is 30.9 Å². The van der Waals surface area contributed by atoms with Crippen LogP contribution in [0.25, 0.3) is 0 Å². The Morgan fingerprint density at radius 3 is 2.79 bits per heavy atom. The van der Waals surface area contributed by atoms with E-state index in [4.69, 9.17) is 11.5 Å². The zero-order valence-corrected chi connectivity index (χ0v) is 10.3. The van der Waals surface area contributed by atoms with E-state index in [2.05, 4.69) is 32.9 Å². The fraction of sp³-hybridized carbons (Fsp3) is 0.400. The third-order valence-corrected chi connectivity index (χ3v) is 3.61. The van der Waals surface area contributed by atoms with Crippen LogP contribution in [0.2, 0.25) is 0 Å². The van der Waals surface area contributed by atoms with E-state index < -0.39 is 0 Å². The first-order valence-corrected chi connectivity index (χ1v) is 5.63. The van der Waals surface area contributed by atoms with Crippen molar-refractivity contribution in [3.05, 3.63) is 22.8 Å². The molecule has 0 unspecified atom stereocenters. The van der Waals surface area contributed by atoms with Crippen LogP contribution >= 0.6 is 22.9 Å². The maximum Gasteiger partial charge on any atom is 0.0584 e. The lowest BCUT2D eigenvalue weighted by atomic mass is 9.94. The standard InChI is InChI=1S/C10H14IN3/c1-6-4-9(12)10(13)7-2-3-14(11)5-8(6)7/h4H,2-3,5,12-13H2,1H3. The monoisotopic (exact) mass is 303 g/mol. The Morgan fingerprint density at radius 2 is 2.07 bits per heavy atom. The van der Waals surface area contributed by atoms with Gasteiger partial charge in [-0.25, -0.2) is 3.11 Å². The van der Waals surface area contributed by atoms with E-state index in [-0.39, 0.29) is 0 Å². The topological polar surface area (TPSA) is 55.3 Å². The summed E-state index contributed by atoms with van der Waals surface area (Å²) in [5, 5.41) is 0. The molecule has 1 heterocycles. The zero-order valence-electron chi connectivity index (χ0n) is 8.18. The summed E-state index contributed by atoms with van der Waals surface area (Å²) >= 11 is 2.35. The lowest BCUT2D eigenvalue weighted by Gasteiger charge is -2.26. The molecule has 1 aromatic carbocycles. The van der Waals surface area contributed by atoms with Gasteiger partial charge in [0.05, 0.1) is 11.4 Å². The average Bonchev–Trinajstić information content (AvgIpc) is 2.14. The molecule has 0 fully saturated rings. The second kappa shape index (κ2) is 3.58. The quantitative estimate of drug-likeness (QED) is 0.437. The molecule has 3 nitrogen and oxygen atoms in total. The number of hydrogen-bond acceptors (Lipinski definition) is 3. The van der Waals surface area contributed by atoms with Gasteiger partial charge in [-0.05, 0) is 36.1 Å². The molecule has 76 valence electrons. The average molecular weight is 303 g/mol. The molecule has 0 spiro atoms. The summed E-state index contributed by atoms with van der Waals surface area (Å²) in [6.45, 7) is 4.14. The maximum absolute atomic E-state index is 5.97. The molecule has 0 saturated heterocycles. The van der Waals surface area contributed by atoms with E-state index in [9.17, 15) is 0 Å². The predicted octanol–water partition coefficient (Wildman–Crippen LogP) is 1.87. The maximum atomic E-state index is 5.97. The van der Waals surface area contributed by atoms with Crippen LogP contribution in [0.5, 0.6) is 0 Å². The summed E-state index contributed by atoms with van der Waals surface area (Å²) in [6.07, 6.45) is 1.01. The largest absolute Gasteiger partial charge is 0.397 e. The second-order valence-corrected chi connectivity index (χ2v) is 5.11. The van der Waals surface area contributed by atoms with Crippen molar-refractivity contribution >= 4 is 34.2 Å². The van der Waals surface area contributed by atoms with Gasteiger partial charge in [-0.2, -0.15) is 0 Å². The lowest BCUT2D eigenvalue weighted by Crippen LogP contribution is -2.24. The number of benzene rings is 1. The van der Waals surface area contributed by atoms with Gasteiger partial charge in [-0.3, -0.25) is 0 Å². The summed E-state index contributed by atoms with van der Waals surface area (Å²) in [6, 6.07) is 1.98. The Bertz CT molecular complexity index is 376. The number of hydrogen-bond donors (Lipinski definition) is 2. The molecule has 1 aliphatic heterocycles. The number of nitrogens with two attached hydrogens (primary N) is 2. The minimum Gasteiger partial charge on any atom is -0.397 e. The van der Waals surface area contributed by atoms with E-state index in [1.807, 2.05) is 6.07 Å². The molecule has 0 saturated carbocycles. The molecule has 0 amide bonds. The number of halogens is 1. The van der Waals surface area contributed by atoms with Gasteiger partial charge in [0, 0.05) is 36.0 Å². The second-order valence-electron chi connectivity index (χ2n) is 3.75. The molecule has 4 heteroatoms. The highest BCUT2D eigenvalue weighted by Crippen LogP contribution is 2.32. The van der Waals surface area contributed by atoms with Gasteiger partial charge >= 0.3 is 0 Å². The Balaban J connectivity index is 2.57. The summed E-state index contributed by atoms with van der Waals surface area (Å²) in [4.78, 5) is 0.